The first kappa shape index (κ1) is 15.2. The molecule has 1 rings (SSSR count). The minimum Gasteiger partial charge on any atom is -0.480 e. The van der Waals surface area contributed by atoms with E-state index in [2.05, 4.69) is 11.6 Å². The maximum Gasteiger partial charge on any atom is 0.323 e. The van der Waals surface area contributed by atoms with Crippen LogP contribution in [-0.4, -0.2) is 40.0 Å². The number of nitrogens with zero attached hydrogens (tertiary/aromatic N) is 2. The molecule has 0 saturated heterocycles. The quantitative estimate of drug-likeness (QED) is 0.640. The molecule has 6 heteroatoms. The monoisotopic (exact) mass is 282 g/mol. The molecule has 0 aliphatic heterocycles. The Morgan fingerprint density at radius 3 is 2.74 bits per heavy atom. The third-order valence-corrected chi connectivity index (χ3v) is 2.61. The van der Waals surface area contributed by atoms with Gasteiger partial charge in [0.15, 0.2) is 0 Å². The number of aliphatic carboxylic acids is 1. The molecule has 0 radical (unpaired) electrons. The van der Waals surface area contributed by atoms with Crippen LogP contribution in [0.15, 0.2) is 24.8 Å². The van der Waals surface area contributed by atoms with E-state index in [1.165, 1.54) is 17.0 Å². The molecule has 1 amide bonds. The number of rotatable bonds is 6. The van der Waals surface area contributed by atoms with Crippen molar-refractivity contribution in [3.63, 3.8) is 0 Å². The molecular formula is C13H15ClN2O3. The lowest BCUT2D eigenvalue weighted by atomic mass is 10.1. The van der Waals surface area contributed by atoms with Crippen molar-refractivity contribution in [3.05, 3.63) is 41.2 Å². The van der Waals surface area contributed by atoms with Crippen LogP contribution in [0.25, 0.3) is 0 Å². The number of aryl methyl sites for hydroxylation is 1. The Kier molecular flexibility index (Phi) is 5.51. The third kappa shape index (κ3) is 4.37. The van der Waals surface area contributed by atoms with Crippen molar-refractivity contribution in [2.24, 2.45) is 0 Å². The van der Waals surface area contributed by atoms with Gasteiger partial charge in [-0.15, -0.1) is 6.58 Å². The maximum absolute atomic E-state index is 12.2. The summed E-state index contributed by atoms with van der Waals surface area (Å²) in [7, 11) is 0. The van der Waals surface area contributed by atoms with Crippen LogP contribution in [0, 0.1) is 0 Å². The van der Waals surface area contributed by atoms with Crippen LogP contribution in [0.5, 0.6) is 0 Å². The number of aromatic nitrogens is 1. The number of hydrogen-bond donors (Lipinski definition) is 1. The van der Waals surface area contributed by atoms with E-state index in [4.69, 9.17) is 16.7 Å². The van der Waals surface area contributed by atoms with Gasteiger partial charge in [0.1, 0.15) is 11.7 Å². The van der Waals surface area contributed by atoms with Crippen molar-refractivity contribution in [2.45, 2.75) is 13.3 Å². The highest BCUT2D eigenvalue weighted by Gasteiger charge is 2.18. The highest BCUT2D eigenvalue weighted by Crippen LogP contribution is 2.13. The Bertz CT molecular complexity index is 503. The molecule has 0 bridgehead atoms. The van der Waals surface area contributed by atoms with E-state index < -0.39 is 11.9 Å². The van der Waals surface area contributed by atoms with Gasteiger partial charge in [-0.25, -0.2) is 4.98 Å². The van der Waals surface area contributed by atoms with Gasteiger partial charge in [-0.3, -0.25) is 9.59 Å². The molecule has 1 N–H and O–H groups in total. The lowest BCUT2D eigenvalue weighted by Gasteiger charge is -2.19. The summed E-state index contributed by atoms with van der Waals surface area (Å²) in [6.07, 6.45) is 2.12. The predicted octanol–water partition coefficient (Wildman–Crippen LogP) is 2.01. The average molecular weight is 283 g/mol. The molecule has 0 unspecified atom stereocenters. The second kappa shape index (κ2) is 6.89. The first-order valence-electron chi connectivity index (χ1n) is 5.76. The number of carbonyl (C=O) groups excluding carboxylic acids is 1. The van der Waals surface area contributed by atoms with Crippen molar-refractivity contribution >= 4 is 23.5 Å². The number of hydrogen-bond acceptors (Lipinski definition) is 3. The second-order valence-electron chi connectivity index (χ2n) is 3.89. The number of carbonyl (C=O) groups is 2. The highest BCUT2D eigenvalue weighted by molar-refractivity contribution is 6.29. The molecule has 1 heterocycles. The second-order valence-corrected chi connectivity index (χ2v) is 4.28. The number of carboxylic acid groups (broad SMARTS) is 1. The smallest absolute Gasteiger partial charge is 0.323 e. The van der Waals surface area contributed by atoms with Crippen LogP contribution in [0.1, 0.15) is 23.0 Å². The van der Waals surface area contributed by atoms with Gasteiger partial charge in [-0.1, -0.05) is 24.6 Å². The molecule has 1 aromatic heterocycles. The van der Waals surface area contributed by atoms with E-state index in [1.807, 2.05) is 6.92 Å². The van der Waals surface area contributed by atoms with Gasteiger partial charge in [-0.05, 0) is 18.6 Å². The molecule has 0 aromatic carbocycles. The zero-order valence-corrected chi connectivity index (χ0v) is 11.4. The fourth-order valence-corrected chi connectivity index (χ4v) is 1.80. The van der Waals surface area contributed by atoms with Gasteiger partial charge >= 0.3 is 5.97 Å². The van der Waals surface area contributed by atoms with E-state index in [9.17, 15) is 9.59 Å². The summed E-state index contributed by atoms with van der Waals surface area (Å²) in [6.45, 7) is 5.18. The van der Waals surface area contributed by atoms with Gasteiger partial charge in [0, 0.05) is 17.8 Å². The van der Waals surface area contributed by atoms with Gasteiger partial charge in [0.05, 0.1) is 0 Å². The summed E-state index contributed by atoms with van der Waals surface area (Å²) >= 11 is 5.84. The van der Waals surface area contributed by atoms with Crippen molar-refractivity contribution in [3.8, 4) is 0 Å². The summed E-state index contributed by atoms with van der Waals surface area (Å²) in [5, 5.41) is 9.01. The van der Waals surface area contributed by atoms with E-state index in [0.29, 0.717) is 17.7 Å². The van der Waals surface area contributed by atoms with E-state index in [0.717, 1.165) is 0 Å². The first-order chi connectivity index (χ1) is 8.97. The average Bonchev–Trinajstić information content (AvgIpc) is 2.36. The fourth-order valence-electron chi connectivity index (χ4n) is 1.58. The van der Waals surface area contributed by atoms with Gasteiger partial charge in [0.25, 0.3) is 5.91 Å². The Hall–Kier alpha value is -1.88. The van der Waals surface area contributed by atoms with Crippen molar-refractivity contribution in [2.75, 3.05) is 13.1 Å². The third-order valence-electron chi connectivity index (χ3n) is 2.42. The maximum atomic E-state index is 12.2. The molecular weight excluding hydrogens is 268 g/mol. The van der Waals surface area contributed by atoms with Gasteiger partial charge in [0.2, 0.25) is 0 Å². The molecule has 19 heavy (non-hydrogen) atoms. The molecule has 0 saturated carbocycles. The van der Waals surface area contributed by atoms with Crippen LogP contribution >= 0.6 is 11.6 Å². The summed E-state index contributed by atoms with van der Waals surface area (Å²) in [5.41, 5.74) is 1.02. The molecule has 1 aromatic rings. The molecule has 0 aliphatic rings. The predicted molar refractivity (Wildman–Crippen MR) is 72.4 cm³/mol. The van der Waals surface area contributed by atoms with Gasteiger partial charge < -0.3 is 10.0 Å². The Morgan fingerprint density at radius 2 is 2.21 bits per heavy atom. The van der Waals surface area contributed by atoms with Crippen LogP contribution in [0.2, 0.25) is 5.15 Å². The number of amides is 1. The van der Waals surface area contributed by atoms with E-state index in [1.54, 1.807) is 6.07 Å². The summed E-state index contributed by atoms with van der Waals surface area (Å²) in [6, 6.07) is 3.05. The fraction of sp³-hybridized carbons (Fsp3) is 0.308. The summed E-state index contributed by atoms with van der Waals surface area (Å²) in [5.74, 6) is -1.48. The Labute approximate surface area is 116 Å². The first-order valence-corrected chi connectivity index (χ1v) is 6.14. The zero-order valence-electron chi connectivity index (χ0n) is 10.6. The van der Waals surface area contributed by atoms with Crippen LogP contribution in [-0.2, 0) is 11.2 Å². The molecule has 5 nitrogen and oxygen atoms in total. The Morgan fingerprint density at radius 1 is 1.53 bits per heavy atom. The summed E-state index contributed by atoms with van der Waals surface area (Å²) in [4.78, 5) is 28.2. The van der Waals surface area contributed by atoms with Gasteiger partial charge in [-0.2, -0.15) is 0 Å². The molecule has 0 atom stereocenters. The normalized spacial score (nSPS) is 10.0. The van der Waals surface area contributed by atoms with Crippen LogP contribution < -0.4 is 0 Å². The molecule has 0 spiro atoms. The van der Waals surface area contributed by atoms with E-state index in [-0.39, 0.29) is 18.2 Å². The van der Waals surface area contributed by atoms with Crippen molar-refractivity contribution < 1.29 is 14.7 Å². The minimum absolute atomic E-state index is 0.159. The number of halogens is 1. The van der Waals surface area contributed by atoms with Crippen LogP contribution in [0.3, 0.4) is 0 Å². The topological polar surface area (TPSA) is 70.5 Å². The lowest BCUT2D eigenvalue weighted by Crippen LogP contribution is -2.35. The number of pyridine rings is 1. The number of carboxylic acids is 1. The molecule has 0 aliphatic carbocycles. The minimum atomic E-state index is -1.08. The lowest BCUT2D eigenvalue weighted by molar-refractivity contribution is -0.137. The summed E-state index contributed by atoms with van der Waals surface area (Å²) < 4.78 is 0. The standard InChI is InChI=1S/C13H15ClN2O3/c1-3-5-16(8-12(17)18)13(19)9-6-10(4-2)15-11(14)7-9/h3,6-7H,1,4-5,8H2,2H3,(H,17,18). The Balaban J connectivity index is 3.04. The van der Waals surface area contributed by atoms with Crippen molar-refractivity contribution in [1.82, 2.24) is 9.88 Å². The zero-order chi connectivity index (χ0) is 14.4. The van der Waals surface area contributed by atoms with Crippen LogP contribution in [0.4, 0.5) is 0 Å². The molecule has 0 fully saturated rings. The van der Waals surface area contributed by atoms with E-state index >= 15 is 0 Å². The highest BCUT2D eigenvalue weighted by atomic mass is 35.5. The molecule has 102 valence electrons. The largest absolute Gasteiger partial charge is 0.480 e. The SMILES string of the molecule is C=CCN(CC(=O)O)C(=O)c1cc(Cl)nc(CC)c1. The van der Waals surface area contributed by atoms with Crippen molar-refractivity contribution in [1.29, 1.82) is 0 Å².